The van der Waals surface area contributed by atoms with Gasteiger partial charge in [0.1, 0.15) is 11.5 Å². The Morgan fingerprint density at radius 3 is 2.56 bits per heavy atom. The summed E-state index contributed by atoms with van der Waals surface area (Å²) in [6, 6.07) is 6.12. The van der Waals surface area contributed by atoms with Gasteiger partial charge in [0.05, 0.1) is 19.9 Å². The molecule has 0 bridgehead atoms. The molecule has 0 aliphatic rings. The number of ether oxygens (including phenoxy) is 2. The van der Waals surface area contributed by atoms with Crippen LogP contribution in [0.4, 0.5) is 5.69 Å². The van der Waals surface area contributed by atoms with E-state index in [0.29, 0.717) is 0 Å². The Kier molecular flexibility index (Phi) is 5.78. The highest BCUT2D eigenvalue weighted by Gasteiger charge is 2.09. The Labute approximate surface area is 110 Å². The number of hydrogen-bond acceptors (Lipinski definition) is 4. The summed E-state index contributed by atoms with van der Waals surface area (Å²) in [6.45, 7) is 3.00. The quantitative estimate of drug-likeness (QED) is 0.808. The molecule has 102 valence electrons. The molecule has 0 aliphatic heterocycles. The zero-order valence-electron chi connectivity index (χ0n) is 11.8. The van der Waals surface area contributed by atoms with Crippen LogP contribution in [-0.4, -0.2) is 33.9 Å². The fourth-order valence-corrected chi connectivity index (χ4v) is 1.87. The van der Waals surface area contributed by atoms with Gasteiger partial charge in [0, 0.05) is 25.7 Å². The highest BCUT2D eigenvalue weighted by atomic mass is 16.5. The van der Waals surface area contributed by atoms with Crippen LogP contribution in [0, 0.1) is 0 Å². The van der Waals surface area contributed by atoms with Gasteiger partial charge in [-0.05, 0) is 31.9 Å². The number of benzene rings is 1. The van der Waals surface area contributed by atoms with E-state index in [1.807, 2.05) is 25.1 Å². The molecule has 0 heterocycles. The van der Waals surface area contributed by atoms with Crippen molar-refractivity contribution in [2.24, 2.45) is 5.73 Å². The largest absolute Gasteiger partial charge is 0.497 e. The van der Waals surface area contributed by atoms with Crippen molar-refractivity contribution >= 4 is 5.69 Å². The third-order valence-corrected chi connectivity index (χ3v) is 2.95. The van der Waals surface area contributed by atoms with Crippen molar-refractivity contribution < 1.29 is 9.47 Å². The van der Waals surface area contributed by atoms with E-state index >= 15 is 0 Å². The van der Waals surface area contributed by atoms with E-state index in [1.165, 1.54) is 0 Å². The van der Waals surface area contributed by atoms with Gasteiger partial charge in [-0.25, -0.2) is 0 Å². The maximum Gasteiger partial charge on any atom is 0.145 e. The predicted octanol–water partition coefficient (Wildman–Crippen LogP) is 2.27. The van der Waals surface area contributed by atoms with Crippen molar-refractivity contribution in [2.75, 3.05) is 32.7 Å². The van der Waals surface area contributed by atoms with E-state index in [1.54, 1.807) is 14.2 Å². The van der Waals surface area contributed by atoms with Gasteiger partial charge in [-0.3, -0.25) is 0 Å². The molecule has 1 unspecified atom stereocenters. The lowest BCUT2D eigenvalue weighted by Gasteiger charge is -2.22. The summed E-state index contributed by atoms with van der Waals surface area (Å²) in [5.41, 5.74) is 6.82. The van der Waals surface area contributed by atoms with E-state index in [2.05, 4.69) is 11.9 Å². The standard InChI is InChI=1S/C14H24N2O2/c1-11(15)6-5-9-16(2)13-8-7-12(17-3)10-14(13)18-4/h7-8,10-11H,5-6,9,15H2,1-4H3. The molecule has 1 atom stereocenters. The molecule has 2 N–H and O–H groups in total. The molecule has 0 amide bonds. The molecule has 0 saturated carbocycles. The molecule has 1 aromatic carbocycles. The van der Waals surface area contributed by atoms with E-state index in [0.717, 1.165) is 36.6 Å². The Morgan fingerprint density at radius 1 is 1.28 bits per heavy atom. The zero-order valence-corrected chi connectivity index (χ0v) is 11.8. The maximum absolute atomic E-state index is 5.75. The van der Waals surface area contributed by atoms with Gasteiger partial charge in [0.15, 0.2) is 0 Å². The summed E-state index contributed by atoms with van der Waals surface area (Å²) < 4.78 is 10.6. The second-order valence-corrected chi connectivity index (χ2v) is 4.58. The van der Waals surface area contributed by atoms with Crippen molar-refractivity contribution in [1.29, 1.82) is 0 Å². The lowest BCUT2D eigenvalue weighted by atomic mass is 10.2. The second-order valence-electron chi connectivity index (χ2n) is 4.58. The van der Waals surface area contributed by atoms with E-state index in [4.69, 9.17) is 15.2 Å². The van der Waals surface area contributed by atoms with E-state index in [-0.39, 0.29) is 6.04 Å². The highest BCUT2D eigenvalue weighted by Crippen LogP contribution is 2.31. The van der Waals surface area contributed by atoms with Crippen molar-refractivity contribution in [2.45, 2.75) is 25.8 Å². The first-order valence-corrected chi connectivity index (χ1v) is 6.27. The molecule has 0 radical (unpaired) electrons. The Bertz CT molecular complexity index is 367. The van der Waals surface area contributed by atoms with Crippen LogP contribution in [0.2, 0.25) is 0 Å². The van der Waals surface area contributed by atoms with Gasteiger partial charge in [0.2, 0.25) is 0 Å². The summed E-state index contributed by atoms with van der Waals surface area (Å²) in [5.74, 6) is 1.64. The lowest BCUT2D eigenvalue weighted by molar-refractivity contribution is 0.394. The van der Waals surface area contributed by atoms with Crippen LogP contribution in [0.3, 0.4) is 0 Å². The summed E-state index contributed by atoms with van der Waals surface area (Å²) in [6.07, 6.45) is 2.10. The molecule has 0 aromatic heterocycles. The number of rotatable bonds is 7. The number of anilines is 1. The Balaban J connectivity index is 2.69. The molecular weight excluding hydrogens is 228 g/mol. The third kappa shape index (κ3) is 4.11. The minimum absolute atomic E-state index is 0.260. The predicted molar refractivity (Wildman–Crippen MR) is 75.7 cm³/mol. The Morgan fingerprint density at radius 2 is 2.00 bits per heavy atom. The minimum Gasteiger partial charge on any atom is -0.497 e. The first-order chi connectivity index (χ1) is 8.58. The fraction of sp³-hybridized carbons (Fsp3) is 0.571. The summed E-state index contributed by atoms with van der Waals surface area (Å²) >= 11 is 0. The van der Waals surface area contributed by atoms with Crippen LogP contribution >= 0.6 is 0 Å². The Hall–Kier alpha value is -1.42. The molecule has 18 heavy (non-hydrogen) atoms. The third-order valence-electron chi connectivity index (χ3n) is 2.95. The SMILES string of the molecule is COc1ccc(N(C)CCCC(C)N)c(OC)c1. The van der Waals surface area contributed by atoms with Crippen LogP contribution in [-0.2, 0) is 0 Å². The van der Waals surface area contributed by atoms with E-state index in [9.17, 15) is 0 Å². The monoisotopic (exact) mass is 252 g/mol. The lowest BCUT2D eigenvalue weighted by Crippen LogP contribution is -2.22. The van der Waals surface area contributed by atoms with Crippen LogP contribution in [0.15, 0.2) is 18.2 Å². The first-order valence-electron chi connectivity index (χ1n) is 6.27. The van der Waals surface area contributed by atoms with Gasteiger partial charge in [0.25, 0.3) is 0 Å². The van der Waals surface area contributed by atoms with Gasteiger partial charge >= 0.3 is 0 Å². The normalized spacial score (nSPS) is 12.1. The van der Waals surface area contributed by atoms with Crippen molar-refractivity contribution in [3.05, 3.63) is 18.2 Å². The molecule has 4 nitrogen and oxygen atoms in total. The molecular formula is C14H24N2O2. The number of nitrogens with two attached hydrogens (primary N) is 1. The van der Waals surface area contributed by atoms with E-state index < -0.39 is 0 Å². The minimum atomic E-state index is 0.260. The van der Waals surface area contributed by atoms with Gasteiger partial charge in [-0.1, -0.05) is 0 Å². The van der Waals surface area contributed by atoms with Crippen LogP contribution in [0.5, 0.6) is 11.5 Å². The van der Waals surface area contributed by atoms with Crippen molar-refractivity contribution in [3.63, 3.8) is 0 Å². The van der Waals surface area contributed by atoms with Crippen molar-refractivity contribution in [3.8, 4) is 11.5 Å². The fourth-order valence-electron chi connectivity index (χ4n) is 1.87. The average molecular weight is 252 g/mol. The molecule has 0 spiro atoms. The molecule has 1 aromatic rings. The maximum atomic E-state index is 5.75. The zero-order chi connectivity index (χ0) is 13.5. The molecule has 4 heteroatoms. The summed E-state index contributed by atoms with van der Waals surface area (Å²) in [5, 5.41) is 0. The van der Waals surface area contributed by atoms with Crippen molar-refractivity contribution in [1.82, 2.24) is 0 Å². The van der Waals surface area contributed by atoms with Gasteiger partial charge in [-0.15, -0.1) is 0 Å². The number of methoxy groups -OCH3 is 2. The molecule has 0 aliphatic carbocycles. The van der Waals surface area contributed by atoms with Crippen LogP contribution in [0.25, 0.3) is 0 Å². The molecule has 1 rings (SSSR count). The average Bonchev–Trinajstić information content (AvgIpc) is 2.37. The van der Waals surface area contributed by atoms with Gasteiger partial charge in [-0.2, -0.15) is 0 Å². The first kappa shape index (κ1) is 14.6. The molecule has 0 fully saturated rings. The number of hydrogen-bond donors (Lipinski definition) is 1. The summed E-state index contributed by atoms with van der Waals surface area (Å²) in [4.78, 5) is 2.18. The van der Waals surface area contributed by atoms with Gasteiger partial charge < -0.3 is 20.1 Å². The second kappa shape index (κ2) is 7.11. The topological polar surface area (TPSA) is 47.7 Å². The summed E-state index contributed by atoms with van der Waals surface area (Å²) in [7, 11) is 5.39. The smallest absolute Gasteiger partial charge is 0.145 e. The highest BCUT2D eigenvalue weighted by molar-refractivity contribution is 5.60. The van der Waals surface area contributed by atoms with Crippen LogP contribution in [0.1, 0.15) is 19.8 Å². The molecule has 0 saturated heterocycles. The van der Waals surface area contributed by atoms with Crippen LogP contribution < -0.4 is 20.1 Å². The number of nitrogens with zero attached hydrogens (tertiary/aromatic N) is 1.